The predicted molar refractivity (Wildman–Crippen MR) is 113 cm³/mol. The number of esters is 1. The maximum Gasteiger partial charge on any atom is 0.306 e. The lowest BCUT2D eigenvalue weighted by Crippen LogP contribution is -2.38. The maximum atomic E-state index is 12.8. The first-order valence-electron chi connectivity index (χ1n) is 10.3. The van der Waals surface area contributed by atoms with Crippen molar-refractivity contribution in [3.05, 3.63) is 40.3 Å². The number of carbonyl (C=O) groups is 2. The number of aromatic nitrogens is 2. The van der Waals surface area contributed by atoms with Crippen LogP contribution >= 0.6 is 0 Å². The van der Waals surface area contributed by atoms with E-state index in [9.17, 15) is 14.4 Å². The molecule has 0 radical (unpaired) electrons. The van der Waals surface area contributed by atoms with Crippen molar-refractivity contribution in [2.24, 2.45) is 5.92 Å². The molecule has 1 N–H and O–H groups in total. The van der Waals surface area contributed by atoms with E-state index >= 15 is 0 Å². The fourth-order valence-electron chi connectivity index (χ4n) is 2.85. The van der Waals surface area contributed by atoms with Gasteiger partial charge in [0.1, 0.15) is 5.69 Å². The van der Waals surface area contributed by atoms with Gasteiger partial charge in [-0.1, -0.05) is 39.3 Å². The van der Waals surface area contributed by atoms with Crippen LogP contribution in [-0.4, -0.2) is 34.1 Å². The molecule has 0 bridgehead atoms. The van der Waals surface area contributed by atoms with Crippen molar-refractivity contribution in [1.29, 1.82) is 0 Å². The van der Waals surface area contributed by atoms with Gasteiger partial charge < -0.3 is 14.6 Å². The molecular weight excluding hydrogens is 370 g/mol. The number of ether oxygens (including phenoxy) is 1. The number of hydrogen-bond acceptors (Lipinski definition) is 5. The highest BCUT2D eigenvalue weighted by Gasteiger charge is 2.15. The molecule has 1 heterocycles. The molecule has 1 aromatic heterocycles. The maximum absolute atomic E-state index is 12.8. The van der Waals surface area contributed by atoms with Crippen LogP contribution in [-0.2, 0) is 27.3 Å². The van der Waals surface area contributed by atoms with Crippen LogP contribution in [0.2, 0.25) is 0 Å². The van der Waals surface area contributed by atoms with Crippen LogP contribution < -0.4 is 10.9 Å². The monoisotopic (exact) mass is 401 g/mol. The first-order valence-corrected chi connectivity index (χ1v) is 10.3. The van der Waals surface area contributed by atoms with Crippen LogP contribution in [0.4, 0.5) is 0 Å². The molecule has 0 saturated carbocycles. The Balaban J connectivity index is 2.01. The number of benzene rings is 1. The van der Waals surface area contributed by atoms with Crippen LogP contribution in [0.25, 0.3) is 11.0 Å². The zero-order valence-corrected chi connectivity index (χ0v) is 17.7. The van der Waals surface area contributed by atoms with Gasteiger partial charge in [0.2, 0.25) is 0 Å². The molecule has 1 aromatic carbocycles. The van der Waals surface area contributed by atoms with E-state index in [0.29, 0.717) is 18.2 Å². The number of rotatable bonds is 10. The molecule has 7 heteroatoms. The summed E-state index contributed by atoms with van der Waals surface area (Å²) < 4.78 is 6.77. The molecule has 2 rings (SSSR count). The molecule has 158 valence electrons. The molecule has 2 aromatic rings. The summed E-state index contributed by atoms with van der Waals surface area (Å²) in [6.07, 6.45) is 2.04. The Labute approximate surface area is 171 Å². The normalized spacial score (nSPS) is 12.2. The van der Waals surface area contributed by atoms with E-state index in [0.717, 1.165) is 23.9 Å². The smallest absolute Gasteiger partial charge is 0.306 e. The topological polar surface area (TPSA) is 90.3 Å². The minimum atomic E-state index is -0.521. The third kappa shape index (κ3) is 6.41. The van der Waals surface area contributed by atoms with Crippen LogP contribution in [0.5, 0.6) is 0 Å². The molecule has 0 aliphatic carbocycles. The first-order chi connectivity index (χ1) is 13.8. The van der Waals surface area contributed by atoms with Crippen molar-refractivity contribution in [3.8, 4) is 0 Å². The van der Waals surface area contributed by atoms with E-state index in [2.05, 4.69) is 17.2 Å². The number of fused-ring (bicyclic) bond motifs is 1. The average molecular weight is 402 g/mol. The summed E-state index contributed by atoms with van der Waals surface area (Å²) in [5, 5.41) is 2.78. The third-order valence-electron chi connectivity index (χ3n) is 4.97. The average Bonchev–Trinajstić information content (AvgIpc) is 2.70. The van der Waals surface area contributed by atoms with Crippen LogP contribution in [0, 0.1) is 5.92 Å². The Bertz CT molecular complexity index is 905. The summed E-state index contributed by atoms with van der Waals surface area (Å²) in [5.74, 6) is -0.555. The zero-order valence-electron chi connectivity index (χ0n) is 17.7. The molecule has 0 fully saturated rings. The van der Waals surface area contributed by atoms with E-state index in [1.165, 1.54) is 0 Å². The summed E-state index contributed by atoms with van der Waals surface area (Å²) in [5.41, 5.74) is 1.70. The number of aryl methyl sites for hydroxylation is 2. The van der Waals surface area contributed by atoms with Crippen LogP contribution in [0.15, 0.2) is 29.1 Å². The van der Waals surface area contributed by atoms with Crippen molar-refractivity contribution in [2.45, 2.75) is 66.0 Å². The summed E-state index contributed by atoms with van der Waals surface area (Å²) in [6.45, 7) is 8.27. The van der Waals surface area contributed by atoms with Crippen LogP contribution in [0.3, 0.4) is 0 Å². The molecule has 0 spiro atoms. The minimum absolute atomic E-state index is 0.00136. The van der Waals surface area contributed by atoms with Crippen molar-refractivity contribution >= 4 is 22.9 Å². The molecule has 1 amide bonds. The van der Waals surface area contributed by atoms with E-state index < -0.39 is 5.97 Å². The highest BCUT2D eigenvalue weighted by Crippen LogP contribution is 2.12. The van der Waals surface area contributed by atoms with Gasteiger partial charge >= 0.3 is 5.97 Å². The molecule has 1 atom stereocenters. The van der Waals surface area contributed by atoms with Crippen molar-refractivity contribution < 1.29 is 14.3 Å². The minimum Gasteiger partial charge on any atom is -0.456 e. The number of para-hydroxylation sites is 2. The second-order valence-corrected chi connectivity index (χ2v) is 7.62. The SMILES string of the molecule is CCCCn1c(=O)c(CCC(=O)OCC(=O)N[C@@H](C)C(C)C)nc2ccccc21. The Morgan fingerprint density at radius 2 is 1.93 bits per heavy atom. The summed E-state index contributed by atoms with van der Waals surface area (Å²) in [7, 11) is 0. The fraction of sp³-hybridized carbons (Fsp3) is 0.545. The lowest BCUT2D eigenvalue weighted by atomic mass is 10.1. The highest BCUT2D eigenvalue weighted by atomic mass is 16.5. The summed E-state index contributed by atoms with van der Waals surface area (Å²) >= 11 is 0. The largest absolute Gasteiger partial charge is 0.456 e. The van der Waals surface area contributed by atoms with E-state index in [-0.39, 0.29) is 37.0 Å². The van der Waals surface area contributed by atoms with Gasteiger partial charge in [-0.2, -0.15) is 0 Å². The zero-order chi connectivity index (χ0) is 21.4. The predicted octanol–water partition coefficient (Wildman–Crippen LogP) is 2.83. The van der Waals surface area contributed by atoms with E-state index in [1.54, 1.807) is 4.57 Å². The Morgan fingerprint density at radius 1 is 1.21 bits per heavy atom. The lowest BCUT2D eigenvalue weighted by molar-refractivity contribution is -0.148. The summed E-state index contributed by atoms with van der Waals surface area (Å²) in [4.78, 5) is 41.1. The van der Waals surface area contributed by atoms with Gasteiger partial charge in [-0.15, -0.1) is 0 Å². The van der Waals surface area contributed by atoms with Crippen molar-refractivity contribution in [1.82, 2.24) is 14.9 Å². The first kappa shape index (κ1) is 22.6. The number of unbranched alkanes of at least 4 members (excludes halogenated alkanes) is 1. The van der Waals surface area contributed by atoms with Crippen molar-refractivity contribution in [2.75, 3.05) is 6.61 Å². The van der Waals surface area contributed by atoms with Crippen LogP contribution in [0.1, 0.15) is 52.7 Å². The Morgan fingerprint density at radius 3 is 2.62 bits per heavy atom. The van der Waals surface area contributed by atoms with Gasteiger partial charge in [-0.3, -0.25) is 14.4 Å². The molecule has 0 unspecified atom stereocenters. The fourth-order valence-corrected chi connectivity index (χ4v) is 2.85. The molecule has 29 heavy (non-hydrogen) atoms. The van der Waals surface area contributed by atoms with Gasteiger partial charge in [0.15, 0.2) is 6.61 Å². The van der Waals surface area contributed by atoms with E-state index in [4.69, 9.17) is 4.74 Å². The standard InChI is InChI=1S/C22H31N3O4/c1-5-6-13-25-19-10-8-7-9-17(19)24-18(22(25)28)11-12-21(27)29-14-20(26)23-16(4)15(2)3/h7-10,15-16H,5-6,11-14H2,1-4H3,(H,23,26)/t16-/m0/s1. The number of hydrogen-bond donors (Lipinski definition) is 1. The van der Waals surface area contributed by atoms with Gasteiger partial charge in [0, 0.05) is 19.0 Å². The van der Waals surface area contributed by atoms with Gasteiger partial charge in [-0.25, -0.2) is 4.98 Å². The highest BCUT2D eigenvalue weighted by molar-refractivity contribution is 5.80. The van der Waals surface area contributed by atoms with Gasteiger partial charge in [-0.05, 0) is 31.4 Å². The quantitative estimate of drug-likeness (QED) is 0.618. The molecule has 0 aliphatic heterocycles. The molecule has 0 saturated heterocycles. The summed E-state index contributed by atoms with van der Waals surface area (Å²) in [6, 6.07) is 7.50. The number of carbonyl (C=O) groups excluding carboxylic acids is 2. The molecular formula is C22H31N3O4. The second-order valence-electron chi connectivity index (χ2n) is 7.62. The Hall–Kier alpha value is -2.70. The van der Waals surface area contributed by atoms with Gasteiger partial charge in [0.25, 0.3) is 11.5 Å². The third-order valence-corrected chi connectivity index (χ3v) is 4.97. The van der Waals surface area contributed by atoms with Crippen molar-refractivity contribution in [3.63, 3.8) is 0 Å². The second kappa shape index (κ2) is 10.7. The number of amides is 1. The van der Waals surface area contributed by atoms with Gasteiger partial charge in [0.05, 0.1) is 17.5 Å². The number of nitrogens with one attached hydrogen (secondary N) is 1. The Kier molecular flexibility index (Phi) is 8.36. The van der Waals surface area contributed by atoms with E-state index in [1.807, 2.05) is 45.0 Å². The molecule has 0 aliphatic rings. The lowest BCUT2D eigenvalue weighted by Gasteiger charge is -2.17. The number of nitrogens with zero attached hydrogens (tertiary/aromatic N) is 2. The molecule has 7 nitrogen and oxygen atoms in total.